The number of carboxylic acid groups (broad SMARTS) is 1. The summed E-state index contributed by atoms with van der Waals surface area (Å²) < 4.78 is 0. The number of carbonyl (C=O) groups is 2. The molecule has 4 rings (SSSR count). The van der Waals surface area contributed by atoms with E-state index < -0.39 is 17.8 Å². The number of amides is 1. The maximum Gasteiger partial charge on any atom is 0.307 e. The molecule has 20 heavy (non-hydrogen) atoms. The molecule has 1 amide bonds. The van der Waals surface area contributed by atoms with Crippen LogP contribution in [0.1, 0.15) is 12.8 Å². The summed E-state index contributed by atoms with van der Waals surface area (Å²) in [5, 5.41) is 12.3. The molecule has 2 bridgehead atoms. The minimum Gasteiger partial charge on any atom is -0.481 e. The molecule has 0 aliphatic heterocycles. The van der Waals surface area contributed by atoms with Gasteiger partial charge < -0.3 is 10.4 Å². The average Bonchev–Trinajstić information content (AvgIpc) is 2.48. The van der Waals surface area contributed by atoms with Crippen molar-refractivity contribution in [2.24, 2.45) is 23.7 Å². The van der Waals surface area contributed by atoms with Crippen LogP contribution in [0.5, 0.6) is 0 Å². The highest BCUT2D eigenvalue weighted by molar-refractivity contribution is 5.96. The molecule has 0 saturated heterocycles. The monoisotopic (exact) mass is 271 g/mol. The van der Waals surface area contributed by atoms with E-state index in [1.54, 1.807) is 0 Å². The summed E-state index contributed by atoms with van der Waals surface area (Å²) in [6.45, 7) is 0. The average molecular weight is 271 g/mol. The predicted octanol–water partition coefficient (Wildman–Crippen LogP) is 2.54. The molecule has 3 aliphatic carbocycles. The smallest absolute Gasteiger partial charge is 0.307 e. The lowest BCUT2D eigenvalue weighted by molar-refractivity contribution is -0.151. The number of anilines is 1. The van der Waals surface area contributed by atoms with Crippen molar-refractivity contribution in [2.45, 2.75) is 12.8 Å². The maximum absolute atomic E-state index is 12.5. The third-order valence-electron chi connectivity index (χ3n) is 4.38. The molecule has 1 fully saturated rings. The Balaban J connectivity index is 1.82. The molecule has 4 atom stereocenters. The van der Waals surface area contributed by atoms with Gasteiger partial charge in [0.1, 0.15) is 0 Å². The van der Waals surface area contributed by atoms with Crippen LogP contribution in [0.3, 0.4) is 0 Å². The highest BCUT2D eigenvalue weighted by Gasteiger charge is 2.48. The van der Waals surface area contributed by atoms with Crippen LogP contribution >= 0.6 is 0 Å². The van der Waals surface area contributed by atoms with Crippen LogP contribution in [0.4, 0.5) is 5.69 Å². The minimum atomic E-state index is -0.864. The van der Waals surface area contributed by atoms with Crippen LogP contribution in [0.2, 0.25) is 0 Å². The van der Waals surface area contributed by atoms with Crippen LogP contribution < -0.4 is 5.32 Å². The zero-order chi connectivity index (χ0) is 14.1. The van der Waals surface area contributed by atoms with Gasteiger partial charge in [-0.3, -0.25) is 9.59 Å². The number of carboxylic acids is 1. The van der Waals surface area contributed by atoms with Gasteiger partial charge in [-0.15, -0.1) is 0 Å². The SMILES string of the molecule is O=C(O)[C@H]1[C@H](C(=O)Nc2ccccc2)[C@H]2C=C[C@H]1CC2. The number of fused-ring (bicyclic) bond motifs is 2. The number of aliphatic carboxylic acids is 1. The van der Waals surface area contributed by atoms with Gasteiger partial charge in [-0.25, -0.2) is 0 Å². The van der Waals surface area contributed by atoms with E-state index >= 15 is 0 Å². The molecule has 0 unspecified atom stereocenters. The molecule has 0 heterocycles. The van der Waals surface area contributed by atoms with E-state index in [4.69, 9.17) is 0 Å². The van der Waals surface area contributed by atoms with Crippen molar-refractivity contribution in [2.75, 3.05) is 5.32 Å². The summed E-state index contributed by atoms with van der Waals surface area (Å²) in [5.41, 5.74) is 0.715. The fourth-order valence-corrected chi connectivity index (χ4v) is 3.44. The Bertz CT molecular complexity index is 552. The van der Waals surface area contributed by atoms with Gasteiger partial charge in [0.25, 0.3) is 0 Å². The van der Waals surface area contributed by atoms with E-state index in [1.807, 2.05) is 42.5 Å². The van der Waals surface area contributed by atoms with Gasteiger partial charge in [0.2, 0.25) is 5.91 Å². The van der Waals surface area contributed by atoms with Crippen molar-refractivity contribution >= 4 is 17.6 Å². The molecule has 0 aromatic heterocycles. The summed E-state index contributed by atoms with van der Waals surface area (Å²) in [5.74, 6) is -2.06. The van der Waals surface area contributed by atoms with Crippen molar-refractivity contribution in [1.29, 1.82) is 0 Å². The van der Waals surface area contributed by atoms with Gasteiger partial charge in [-0.2, -0.15) is 0 Å². The Morgan fingerprint density at radius 1 is 1.00 bits per heavy atom. The number of allylic oxidation sites excluding steroid dienone is 2. The van der Waals surface area contributed by atoms with Crippen LogP contribution in [-0.4, -0.2) is 17.0 Å². The van der Waals surface area contributed by atoms with Crippen LogP contribution in [0, 0.1) is 23.7 Å². The molecule has 0 radical (unpaired) electrons. The number of hydrogen-bond donors (Lipinski definition) is 2. The number of para-hydroxylation sites is 1. The number of nitrogens with one attached hydrogen (secondary N) is 1. The number of benzene rings is 1. The van der Waals surface area contributed by atoms with Gasteiger partial charge in [0, 0.05) is 5.69 Å². The van der Waals surface area contributed by atoms with Gasteiger partial charge >= 0.3 is 5.97 Å². The molecular weight excluding hydrogens is 254 g/mol. The number of carbonyl (C=O) groups excluding carboxylic acids is 1. The summed E-state index contributed by atoms with van der Waals surface area (Å²) in [7, 11) is 0. The summed E-state index contributed by atoms with van der Waals surface area (Å²) in [4.78, 5) is 24.0. The first-order valence-electron chi connectivity index (χ1n) is 6.94. The normalized spacial score (nSPS) is 31.0. The van der Waals surface area contributed by atoms with Crippen LogP contribution in [-0.2, 0) is 9.59 Å². The third-order valence-corrected chi connectivity index (χ3v) is 4.38. The summed E-state index contributed by atoms with van der Waals surface area (Å²) in [6, 6.07) is 9.19. The second-order valence-corrected chi connectivity index (χ2v) is 5.54. The Kier molecular flexibility index (Phi) is 3.30. The number of hydrogen-bond acceptors (Lipinski definition) is 2. The van der Waals surface area contributed by atoms with Crippen molar-refractivity contribution < 1.29 is 14.7 Å². The quantitative estimate of drug-likeness (QED) is 0.830. The Morgan fingerprint density at radius 2 is 1.60 bits per heavy atom. The molecule has 3 aliphatic rings. The van der Waals surface area contributed by atoms with Gasteiger partial charge in [0.05, 0.1) is 11.8 Å². The standard InChI is InChI=1S/C16H17NO3/c18-15(17-12-4-2-1-3-5-12)13-10-6-8-11(9-7-10)14(13)16(19)20/h1-6,8,10-11,13-14H,7,9H2,(H,17,18)(H,19,20)/t10-,11-,13+,14+/m0/s1. The highest BCUT2D eigenvalue weighted by atomic mass is 16.4. The van der Waals surface area contributed by atoms with Crippen molar-refractivity contribution in [1.82, 2.24) is 0 Å². The molecule has 4 nitrogen and oxygen atoms in total. The second-order valence-electron chi connectivity index (χ2n) is 5.54. The lowest BCUT2D eigenvalue weighted by Crippen LogP contribution is -2.47. The zero-order valence-electron chi connectivity index (χ0n) is 11.0. The first kappa shape index (κ1) is 12.9. The van der Waals surface area contributed by atoms with Gasteiger partial charge in [-0.05, 0) is 36.8 Å². The van der Waals surface area contributed by atoms with E-state index in [0.717, 1.165) is 12.8 Å². The molecule has 4 heteroatoms. The zero-order valence-corrected chi connectivity index (χ0v) is 11.0. The largest absolute Gasteiger partial charge is 0.481 e. The molecular formula is C16H17NO3. The van der Waals surface area contributed by atoms with E-state index in [2.05, 4.69) is 5.32 Å². The van der Waals surface area contributed by atoms with Crippen LogP contribution in [0.25, 0.3) is 0 Å². The molecule has 0 spiro atoms. The Hall–Kier alpha value is -2.10. The van der Waals surface area contributed by atoms with E-state index in [1.165, 1.54) is 0 Å². The lowest BCUT2D eigenvalue weighted by Gasteiger charge is -2.41. The van der Waals surface area contributed by atoms with Gasteiger partial charge in [-0.1, -0.05) is 30.4 Å². The first-order chi connectivity index (χ1) is 9.66. The fraction of sp³-hybridized carbons (Fsp3) is 0.375. The van der Waals surface area contributed by atoms with Crippen molar-refractivity contribution in [3.8, 4) is 0 Å². The predicted molar refractivity (Wildman–Crippen MR) is 75.0 cm³/mol. The maximum atomic E-state index is 12.5. The van der Waals surface area contributed by atoms with Crippen molar-refractivity contribution in [3.05, 3.63) is 42.5 Å². The summed E-state index contributed by atoms with van der Waals surface area (Å²) in [6.07, 6.45) is 5.76. The van der Waals surface area contributed by atoms with Crippen LogP contribution in [0.15, 0.2) is 42.5 Å². The molecule has 1 aromatic rings. The molecule has 104 valence electrons. The Labute approximate surface area is 117 Å². The Morgan fingerprint density at radius 3 is 2.15 bits per heavy atom. The topological polar surface area (TPSA) is 66.4 Å². The number of rotatable bonds is 3. The summed E-state index contributed by atoms with van der Waals surface area (Å²) >= 11 is 0. The minimum absolute atomic E-state index is 0.0102. The second kappa shape index (κ2) is 5.12. The molecule has 1 saturated carbocycles. The van der Waals surface area contributed by atoms with Crippen molar-refractivity contribution in [3.63, 3.8) is 0 Å². The molecule has 1 aromatic carbocycles. The first-order valence-corrected chi connectivity index (χ1v) is 6.94. The van der Waals surface area contributed by atoms with E-state index in [9.17, 15) is 14.7 Å². The highest BCUT2D eigenvalue weighted by Crippen LogP contribution is 2.45. The fourth-order valence-electron chi connectivity index (χ4n) is 3.44. The van der Waals surface area contributed by atoms with E-state index in [0.29, 0.717) is 5.69 Å². The lowest BCUT2D eigenvalue weighted by atomic mass is 9.62. The van der Waals surface area contributed by atoms with E-state index in [-0.39, 0.29) is 17.7 Å². The van der Waals surface area contributed by atoms with Gasteiger partial charge in [0.15, 0.2) is 0 Å². The molecule has 2 N–H and O–H groups in total. The third kappa shape index (κ3) is 2.22.